The Labute approximate surface area is 160 Å². The van der Waals surface area contributed by atoms with Gasteiger partial charge in [-0.15, -0.1) is 0 Å². The molecule has 1 aliphatic carbocycles. The van der Waals surface area contributed by atoms with Crippen molar-refractivity contribution in [3.8, 4) is 0 Å². The molecule has 2 aliphatic rings. The van der Waals surface area contributed by atoms with Crippen molar-refractivity contribution in [2.45, 2.75) is 38.7 Å². The van der Waals surface area contributed by atoms with Gasteiger partial charge in [0.25, 0.3) is 0 Å². The average Bonchev–Trinajstić information content (AvgIpc) is 3.18. The number of nitrogens with one attached hydrogen (secondary N) is 1. The number of hydrogen-bond donors (Lipinski definition) is 1. The molecule has 0 spiro atoms. The number of rotatable bonds is 4. The van der Waals surface area contributed by atoms with Gasteiger partial charge in [0.1, 0.15) is 11.9 Å². The Kier molecular flexibility index (Phi) is 5.34. The van der Waals surface area contributed by atoms with Gasteiger partial charge in [-0.3, -0.25) is 0 Å². The molecule has 4 rings (SSSR count). The highest BCUT2D eigenvalue weighted by molar-refractivity contribution is 5.74. The number of hydrogen-bond acceptors (Lipinski definition) is 4. The molecule has 0 saturated carbocycles. The summed E-state index contributed by atoms with van der Waals surface area (Å²) in [6.45, 7) is 4.35. The standard InChI is InChI=1S/C21H26N4O2/c1-15-17-8-5-9-18(17)24-20(23-15)10-11-22-21(26)25-12-13-27-19(14-25)16-6-3-2-4-7-16/h2-4,6-7,19H,5,8-14H2,1H3,(H,22,26). The molecule has 1 N–H and O–H groups in total. The zero-order valence-electron chi connectivity index (χ0n) is 15.8. The van der Waals surface area contributed by atoms with Crippen molar-refractivity contribution in [1.82, 2.24) is 20.2 Å². The Morgan fingerprint density at radius 1 is 1.26 bits per heavy atom. The molecule has 1 aromatic carbocycles. The number of nitrogens with zero attached hydrogens (tertiary/aromatic N) is 3. The minimum absolute atomic E-state index is 0.0443. The molecule has 1 saturated heterocycles. The van der Waals surface area contributed by atoms with Crippen molar-refractivity contribution in [3.63, 3.8) is 0 Å². The second-order valence-electron chi connectivity index (χ2n) is 7.20. The van der Waals surface area contributed by atoms with E-state index >= 15 is 0 Å². The zero-order valence-corrected chi connectivity index (χ0v) is 15.8. The first-order valence-electron chi connectivity index (χ1n) is 9.75. The fourth-order valence-corrected chi connectivity index (χ4v) is 3.89. The lowest BCUT2D eigenvalue weighted by molar-refractivity contribution is -0.0154. The highest BCUT2D eigenvalue weighted by Crippen LogP contribution is 2.23. The predicted molar refractivity (Wildman–Crippen MR) is 103 cm³/mol. The summed E-state index contributed by atoms with van der Waals surface area (Å²) in [7, 11) is 0. The van der Waals surface area contributed by atoms with Gasteiger partial charge in [-0.05, 0) is 37.3 Å². The highest BCUT2D eigenvalue weighted by atomic mass is 16.5. The summed E-state index contributed by atoms with van der Waals surface area (Å²) in [5, 5.41) is 3.01. The number of benzene rings is 1. The Morgan fingerprint density at radius 3 is 2.96 bits per heavy atom. The van der Waals surface area contributed by atoms with Crippen molar-refractivity contribution in [1.29, 1.82) is 0 Å². The summed E-state index contributed by atoms with van der Waals surface area (Å²) < 4.78 is 5.83. The van der Waals surface area contributed by atoms with Crippen molar-refractivity contribution in [3.05, 3.63) is 58.7 Å². The molecular formula is C21H26N4O2. The smallest absolute Gasteiger partial charge is 0.317 e. The van der Waals surface area contributed by atoms with Crippen LogP contribution in [0.3, 0.4) is 0 Å². The number of carbonyl (C=O) groups is 1. The van der Waals surface area contributed by atoms with Crippen LogP contribution in [0.15, 0.2) is 30.3 Å². The molecule has 6 nitrogen and oxygen atoms in total. The number of carbonyl (C=O) groups excluding carboxylic acids is 1. The second-order valence-corrected chi connectivity index (χ2v) is 7.20. The molecule has 27 heavy (non-hydrogen) atoms. The number of urea groups is 1. The third kappa shape index (κ3) is 4.11. The Balaban J connectivity index is 1.30. The van der Waals surface area contributed by atoms with E-state index in [2.05, 4.69) is 22.2 Å². The van der Waals surface area contributed by atoms with E-state index in [1.165, 1.54) is 17.7 Å². The van der Waals surface area contributed by atoms with Crippen LogP contribution in [0.1, 0.15) is 40.9 Å². The number of aryl methyl sites for hydroxylation is 2. The predicted octanol–water partition coefficient (Wildman–Crippen LogP) is 2.60. The molecule has 1 unspecified atom stereocenters. The summed E-state index contributed by atoms with van der Waals surface area (Å²) in [5.74, 6) is 0.831. The first-order chi connectivity index (χ1) is 13.2. The van der Waals surface area contributed by atoms with Gasteiger partial charge >= 0.3 is 6.03 Å². The molecule has 1 atom stereocenters. The van der Waals surface area contributed by atoms with Crippen LogP contribution in [0.4, 0.5) is 4.79 Å². The normalized spacial score (nSPS) is 19.0. The number of aromatic nitrogens is 2. The van der Waals surface area contributed by atoms with Gasteiger partial charge in [0, 0.05) is 30.9 Å². The summed E-state index contributed by atoms with van der Waals surface area (Å²) in [5.41, 5.74) is 4.72. The molecule has 0 radical (unpaired) electrons. The van der Waals surface area contributed by atoms with Crippen molar-refractivity contribution < 1.29 is 9.53 Å². The highest BCUT2D eigenvalue weighted by Gasteiger charge is 2.25. The van der Waals surface area contributed by atoms with E-state index in [-0.39, 0.29) is 12.1 Å². The van der Waals surface area contributed by atoms with Gasteiger partial charge in [0.15, 0.2) is 0 Å². The zero-order chi connectivity index (χ0) is 18.6. The fraction of sp³-hybridized carbons (Fsp3) is 0.476. The Bertz CT molecular complexity index is 809. The first kappa shape index (κ1) is 17.9. The topological polar surface area (TPSA) is 67.4 Å². The van der Waals surface area contributed by atoms with E-state index in [4.69, 9.17) is 4.74 Å². The molecule has 1 fully saturated rings. The maximum atomic E-state index is 12.5. The number of amides is 2. The minimum Gasteiger partial charge on any atom is -0.370 e. The molecule has 2 heterocycles. The van der Waals surface area contributed by atoms with Crippen molar-refractivity contribution in [2.24, 2.45) is 0 Å². The lowest BCUT2D eigenvalue weighted by Crippen LogP contribution is -2.47. The summed E-state index contributed by atoms with van der Waals surface area (Å²) in [6.07, 6.45) is 3.91. The van der Waals surface area contributed by atoms with Crippen molar-refractivity contribution >= 4 is 6.03 Å². The van der Waals surface area contributed by atoms with E-state index in [1.54, 1.807) is 0 Å². The van der Waals surface area contributed by atoms with Crippen LogP contribution in [-0.2, 0) is 24.0 Å². The van der Waals surface area contributed by atoms with E-state index < -0.39 is 0 Å². The van der Waals surface area contributed by atoms with Gasteiger partial charge in [-0.1, -0.05) is 30.3 Å². The first-order valence-corrected chi connectivity index (χ1v) is 9.75. The molecule has 1 aromatic heterocycles. The van der Waals surface area contributed by atoms with Crippen LogP contribution >= 0.6 is 0 Å². The number of morpholine rings is 1. The van der Waals surface area contributed by atoms with E-state index in [1.807, 2.05) is 35.2 Å². The van der Waals surface area contributed by atoms with E-state index in [9.17, 15) is 4.79 Å². The van der Waals surface area contributed by atoms with Crippen LogP contribution in [0, 0.1) is 6.92 Å². The van der Waals surface area contributed by atoms with E-state index in [0.29, 0.717) is 32.7 Å². The number of fused-ring (bicyclic) bond motifs is 1. The van der Waals surface area contributed by atoms with Gasteiger partial charge in [0.2, 0.25) is 0 Å². The molecule has 2 amide bonds. The quantitative estimate of drug-likeness (QED) is 0.903. The summed E-state index contributed by atoms with van der Waals surface area (Å²) in [4.78, 5) is 23.7. The SMILES string of the molecule is Cc1nc(CCNC(=O)N2CCOC(c3ccccc3)C2)nc2c1CCC2. The molecule has 6 heteroatoms. The Morgan fingerprint density at radius 2 is 2.11 bits per heavy atom. The van der Waals surface area contributed by atoms with Gasteiger partial charge in [-0.25, -0.2) is 14.8 Å². The van der Waals surface area contributed by atoms with Gasteiger partial charge < -0.3 is 15.0 Å². The van der Waals surface area contributed by atoms with Gasteiger partial charge in [0.05, 0.1) is 13.2 Å². The summed E-state index contributed by atoms with van der Waals surface area (Å²) in [6, 6.07) is 10.0. The monoisotopic (exact) mass is 366 g/mol. The van der Waals surface area contributed by atoms with E-state index in [0.717, 1.165) is 29.9 Å². The number of ether oxygens (including phenoxy) is 1. The van der Waals surface area contributed by atoms with Crippen LogP contribution in [-0.4, -0.2) is 47.1 Å². The van der Waals surface area contributed by atoms with Crippen LogP contribution in [0.2, 0.25) is 0 Å². The third-order valence-electron chi connectivity index (χ3n) is 5.34. The second kappa shape index (κ2) is 8.05. The maximum absolute atomic E-state index is 12.5. The third-order valence-corrected chi connectivity index (χ3v) is 5.34. The van der Waals surface area contributed by atoms with Crippen LogP contribution < -0.4 is 5.32 Å². The fourth-order valence-electron chi connectivity index (χ4n) is 3.89. The maximum Gasteiger partial charge on any atom is 0.317 e. The summed E-state index contributed by atoms with van der Waals surface area (Å²) >= 11 is 0. The average molecular weight is 366 g/mol. The Hall–Kier alpha value is -2.47. The lowest BCUT2D eigenvalue weighted by atomic mass is 10.1. The van der Waals surface area contributed by atoms with Gasteiger partial charge in [-0.2, -0.15) is 0 Å². The lowest BCUT2D eigenvalue weighted by Gasteiger charge is -2.33. The molecule has 1 aliphatic heterocycles. The van der Waals surface area contributed by atoms with Crippen LogP contribution in [0.5, 0.6) is 0 Å². The molecule has 142 valence electrons. The molecule has 0 bridgehead atoms. The van der Waals surface area contributed by atoms with Crippen molar-refractivity contribution in [2.75, 3.05) is 26.2 Å². The molecular weight excluding hydrogens is 340 g/mol. The van der Waals surface area contributed by atoms with Crippen LogP contribution in [0.25, 0.3) is 0 Å². The largest absolute Gasteiger partial charge is 0.370 e. The molecule has 2 aromatic rings. The minimum atomic E-state index is -0.0617.